The molecule has 0 fully saturated rings. The number of hydrogen-bond acceptors (Lipinski definition) is 10. The molecular weight excluding hydrogens is 753 g/mol. The molecule has 7 unspecified atom stereocenters. The first-order valence-electron chi connectivity index (χ1n) is 21.1. The molecule has 6 amide bonds. The van der Waals surface area contributed by atoms with Crippen molar-refractivity contribution in [1.29, 1.82) is 0 Å². The second-order valence-corrected chi connectivity index (χ2v) is 19.0. The zero-order chi connectivity index (χ0) is 46.7. The van der Waals surface area contributed by atoms with Crippen LogP contribution in [-0.2, 0) is 28.8 Å². The standard InChI is InChI=1S/C43H86N10O6/c1-27(2)34(44(10)11)40(56)49(19)25-32(52(22)42(58)36(29(5)6)46(14)15)38(54)48(18)24-31(9)51(21)39(55)33(53(23)43(59)37(30(7)8)47(16)17)26-50(20)41(57)35(28(3)4)45(12)13/h27-37H,24-26H2,1-23H3. The molecule has 7 atom stereocenters. The molecule has 344 valence electrons. The predicted molar refractivity (Wildman–Crippen MR) is 238 cm³/mol. The van der Waals surface area contributed by atoms with Crippen LogP contribution in [0, 0.1) is 23.7 Å². The van der Waals surface area contributed by atoms with Crippen LogP contribution in [0.4, 0.5) is 0 Å². The maximum absolute atomic E-state index is 14.6. The van der Waals surface area contributed by atoms with Crippen molar-refractivity contribution >= 4 is 35.4 Å². The second-order valence-electron chi connectivity index (χ2n) is 19.0. The summed E-state index contributed by atoms with van der Waals surface area (Å²) in [4.78, 5) is 101. The molecule has 0 N–H and O–H groups in total. The summed E-state index contributed by atoms with van der Waals surface area (Å²) < 4.78 is 0. The number of carbonyl (C=O) groups excluding carboxylic acids is 6. The van der Waals surface area contributed by atoms with Crippen LogP contribution in [0.15, 0.2) is 0 Å². The molecular formula is C43H86N10O6. The second kappa shape index (κ2) is 24.2. The van der Waals surface area contributed by atoms with E-state index in [9.17, 15) is 28.8 Å². The third-order valence-corrected chi connectivity index (χ3v) is 11.5. The minimum Gasteiger partial charge on any atom is -0.342 e. The van der Waals surface area contributed by atoms with E-state index >= 15 is 0 Å². The van der Waals surface area contributed by atoms with E-state index in [-0.39, 0.29) is 78.7 Å². The number of hydrogen-bond donors (Lipinski definition) is 0. The fraction of sp³-hybridized carbons (Fsp3) is 0.860. The van der Waals surface area contributed by atoms with E-state index in [2.05, 4.69) is 0 Å². The maximum atomic E-state index is 14.6. The maximum Gasteiger partial charge on any atom is 0.247 e. The first kappa shape index (κ1) is 55.7. The van der Waals surface area contributed by atoms with E-state index < -0.39 is 42.3 Å². The van der Waals surface area contributed by atoms with Gasteiger partial charge in [-0.05, 0) is 87.0 Å². The van der Waals surface area contributed by atoms with Crippen LogP contribution in [-0.4, -0.2) is 245 Å². The summed E-state index contributed by atoms with van der Waals surface area (Å²) in [6, 6.07) is -4.47. The summed E-state index contributed by atoms with van der Waals surface area (Å²) in [5.41, 5.74) is 0. The summed E-state index contributed by atoms with van der Waals surface area (Å²) >= 11 is 0. The van der Waals surface area contributed by atoms with E-state index in [1.54, 1.807) is 42.3 Å². The average molecular weight is 839 g/mol. The Kier molecular flexibility index (Phi) is 22.8. The summed E-state index contributed by atoms with van der Waals surface area (Å²) in [5.74, 6) is -1.68. The van der Waals surface area contributed by atoms with Crippen molar-refractivity contribution in [2.75, 3.05) is 118 Å². The summed E-state index contributed by atoms with van der Waals surface area (Å²) in [7, 11) is 24.5. The number of amides is 6. The zero-order valence-electron chi connectivity index (χ0n) is 41.4. The van der Waals surface area contributed by atoms with Crippen molar-refractivity contribution in [1.82, 2.24) is 49.0 Å². The monoisotopic (exact) mass is 839 g/mol. The van der Waals surface area contributed by atoms with Crippen LogP contribution in [0.3, 0.4) is 0 Å². The van der Waals surface area contributed by atoms with Crippen LogP contribution >= 0.6 is 0 Å². The smallest absolute Gasteiger partial charge is 0.247 e. The quantitative estimate of drug-likeness (QED) is 0.148. The fourth-order valence-corrected chi connectivity index (χ4v) is 8.33. The Morgan fingerprint density at radius 1 is 0.305 bits per heavy atom. The molecule has 0 aromatic heterocycles. The van der Waals surface area contributed by atoms with Crippen LogP contribution in [0.25, 0.3) is 0 Å². The highest BCUT2D eigenvalue weighted by atomic mass is 16.2. The van der Waals surface area contributed by atoms with Crippen LogP contribution in [0.2, 0.25) is 0 Å². The van der Waals surface area contributed by atoms with Gasteiger partial charge in [0.25, 0.3) is 0 Å². The molecule has 0 aliphatic carbocycles. The van der Waals surface area contributed by atoms with E-state index in [1.165, 1.54) is 29.4 Å². The summed E-state index contributed by atoms with van der Waals surface area (Å²) in [6.07, 6.45) is 0. The van der Waals surface area contributed by atoms with Gasteiger partial charge in [0, 0.05) is 68.0 Å². The molecule has 0 rings (SSSR count). The highest BCUT2D eigenvalue weighted by Gasteiger charge is 2.41. The Morgan fingerprint density at radius 3 is 0.797 bits per heavy atom. The lowest BCUT2D eigenvalue weighted by molar-refractivity contribution is -0.152. The number of likely N-dealkylation sites (N-methyl/N-ethyl adjacent to an activating group) is 10. The minimum atomic E-state index is -1.03. The lowest BCUT2D eigenvalue weighted by Crippen LogP contribution is -2.61. The van der Waals surface area contributed by atoms with E-state index in [1.807, 2.05) is 138 Å². The molecule has 0 heterocycles. The lowest BCUT2D eigenvalue weighted by atomic mass is 10.00. The molecule has 0 aliphatic rings. The van der Waals surface area contributed by atoms with Crippen molar-refractivity contribution < 1.29 is 28.8 Å². The van der Waals surface area contributed by atoms with Gasteiger partial charge in [0.05, 0.1) is 24.2 Å². The molecule has 0 saturated carbocycles. The Labute approximate surface area is 359 Å². The predicted octanol–water partition coefficient (Wildman–Crippen LogP) is 1.21. The summed E-state index contributed by atoms with van der Waals surface area (Å²) in [6.45, 7) is 17.5. The average Bonchev–Trinajstić information content (AvgIpc) is 3.09. The molecule has 0 aliphatic heterocycles. The summed E-state index contributed by atoms with van der Waals surface area (Å²) in [5, 5.41) is 0. The van der Waals surface area contributed by atoms with Gasteiger partial charge in [-0.15, -0.1) is 0 Å². The molecule has 0 saturated heterocycles. The first-order valence-corrected chi connectivity index (χ1v) is 21.1. The van der Waals surface area contributed by atoms with Gasteiger partial charge in [-0.3, -0.25) is 48.4 Å². The highest BCUT2D eigenvalue weighted by Crippen LogP contribution is 2.19. The number of rotatable bonds is 23. The molecule has 0 radical (unpaired) electrons. The van der Waals surface area contributed by atoms with Crippen molar-refractivity contribution in [2.45, 2.75) is 105 Å². The molecule has 0 aromatic carbocycles. The Balaban J connectivity index is 6.93. The van der Waals surface area contributed by atoms with Crippen molar-refractivity contribution in [3.63, 3.8) is 0 Å². The van der Waals surface area contributed by atoms with Gasteiger partial charge in [-0.2, -0.15) is 0 Å². The largest absolute Gasteiger partial charge is 0.342 e. The van der Waals surface area contributed by atoms with Gasteiger partial charge >= 0.3 is 0 Å². The van der Waals surface area contributed by atoms with E-state index in [0.717, 1.165) is 0 Å². The molecule has 0 aromatic rings. The van der Waals surface area contributed by atoms with Gasteiger partial charge in [0.1, 0.15) is 12.1 Å². The molecule has 0 bridgehead atoms. The normalized spacial score (nSPS) is 15.7. The van der Waals surface area contributed by atoms with E-state index in [0.29, 0.717) is 0 Å². The Morgan fingerprint density at radius 2 is 0.542 bits per heavy atom. The van der Waals surface area contributed by atoms with Crippen LogP contribution < -0.4 is 0 Å². The topological polar surface area (TPSA) is 135 Å². The fourth-order valence-electron chi connectivity index (χ4n) is 8.33. The zero-order valence-corrected chi connectivity index (χ0v) is 41.4. The minimum absolute atomic E-state index is 0.00289. The molecule has 16 heteroatoms. The van der Waals surface area contributed by atoms with Gasteiger partial charge < -0.3 is 29.4 Å². The van der Waals surface area contributed by atoms with Crippen molar-refractivity contribution in [3.05, 3.63) is 0 Å². The Hall–Kier alpha value is -3.34. The van der Waals surface area contributed by atoms with Crippen molar-refractivity contribution in [3.8, 4) is 0 Å². The first-order chi connectivity index (χ1) is 26.9. The highest BCUT2D eigenvalue weighted by molar-refractivity contribution is 5.92. The number of nitrogens with zero attached hydrogens (tertiary/aromatic N) is 10. The van der Waals surface area contributed by atoms with Crippen molar-refractivity contribution in [2.24, 2.45) is 23.7 Å². The third-order valence-electron chi connectivity index (χ3n) is 11.5. The van der Waals surface area contributed by atoms with Crippen LogP contribution in [0.1, 0.15) is 62.3 Å². The lowest BCUT2D eigenvalue weighted by Gasteiger charge is -2.41. The SMILES string of the molecule is CC(C)C(C(=O)N(C)CC(C(=O)N(C)CC(C)N(C)C(=O)C(CN(C)C(=O)C(C(C)C)N(C)C)N(C)C(=O)C(C(C)C)N(C)C)N(C)C(=O)C(C(C)C)N(C)C)N(C)C. The Bertz CT molecular complexity index is 1350. The molecule has 16 nitrogen and oxygen atoms in total. The number of carbonyl (C=O) groups is 6. The molecule has 59 heavy (non-hydrogen) atoms. The van der Waals surface area contributed by atoms with Gasteiger partial charge in [-0.25, -0.2) is 0 Å². The third kappa shape index (κ3) is 15.0. The van der Waals surface area contributed by atoms with Crippen LogP contribution in [0.5, 0.6) is 0 Å². The van der Waals surface area contributed by atoms with Gasteiger partial charge in [0.15, 0.2) is 0 Å². The van der Waals surface area contributed by atoms with Gasteiger partial charge in [0.2, 0.25) is 35.4 Å². The van der Waals surface area contributed by atoms with E-state index in [4.69, 9.17) is 0 Å². The van der Waals surface area contributed by atoms with Gasteiger partial charge in [-0.1, -0.05) is 55.4 Å². The molecule has 0 spiro atoms.